The van der Waals surface area contributed by atoms with Crippen LogP contribution in [0.15, 0.2) is 65.9 Å². The molecule has 2 aromatic rings. The Morgan fingerprint density at radius 1 is 1.04 bits per heavy atom. The average Bonchev–Trinajstić information content (AvgIpc) is 2.62. The van der Waals surface area contributed by atoms with Crippen LogP contribution in [0.3, 0.4) is 0 Å². The van der Waals surface area contributed by atoms with E-state index in [0.717, 1.165) is 16.8 Å². The molecular weight excluding hydrogens is 350 g/mol. The summed E-state index contributed by atoms with van der Waals surface area (Å²) in [5.41, 5.74) is 2.82. The quantitative estimate of drug-likeness (QED) is 0.811. The number of rotatable bonds is 5. The number of allylic oxidation sites excluding steroid dienone is 1. The van der Waals surface area contributed by atoms with Crippen molar-refractivity contribution in [1.29, 1.82) is 0 Å². The number of carbonyl (C=O) groups is 2. The highest BCUT2D eigenvalue weighted by atomic mass is 16.3. The highest BCUT2D eigenvalue weighted by Gasteiger charge is 2.49. The third-order valence-electron chi connectivity index (χ3n) is 5.50. The number of Topliss-reactive ketones (excluding diaryl/α,β-unsaturated/α-hetero) is 2. The second-order valence-corrected chi connectivity index (χ2v) is 7.95. The molecule has 0 spiro atoms. The van der Waals surface area contributed by atoms with Gasteiger partial charge in [0.2, 0.25) is 0 Å². The third-order valence-corrected chi connectivity index (χ3v) is 5.50. The van der Waals surface area contributed by atoms with Gasteiger partial charge in [-0.3, -0.25) is 9.59 Å². The molecule has 0 saturated carbocycles. The minimum absolute atomic E-state index is 0.0924. The van der Waals surface area contributed by atoms with Crippen LogP contribution in [-0.4, -0.2) is 22.3 Å². The number of hydrogen-bond donors (Lipinski definition) is 2. The van der Waals surface area contributed by atoms with Crippen LogP contribution < -0.4 is 5.32 Å². The Morgan fingerprint density at radius 2 is 1.64 bits per heavy atom. The predicted molar refractivity (Wildman–Crippen MR) is 111 cm³/mol. The van der Waals surface area contributed by atoms with E-state index >= 15 is 0 Å². The summed E-state index contributed by atoms with van der Waals surface area (Å²) in [5, 5.41) is 14.6. The zero-order valence-electron chi connectivity index (χ0n) is 16.8. The van der Waals surface area contributed by atoms with Gasteiger partial charge in [0.15, 0.2) is 5.78 Å². The first-order chi connectivity index (χ1) is 13.2. The summed E-state index contributed by atoms with van der Waals surface area (Å²) in [6.45, 7) is 6.71. The second kappa shape index (κ2) is 7.72. The van der Waals surface area contributed by atoms with Crippen LogP contribution in [0.25, 0.3) is 0 Å². The van der Waals surface area contributed by atoms with Gasteiger partial charge in [0.1, 0.15) is 5.78 Å². The van der Waals surface area contributed by atoms with Crippen LogP contribution >= 0.6 is 0 Å². The van der Waals surface area contributed by atoms with E-state index in [4.69, 9.17) is 0 Å². The van der Waals surface area contributed by atoms with Crippen LogP contribution in [0.4, 0.5) is 5.69 Å². The Balaban J connectivity index is 2.18. The summed E-state index contributed by atoms with van der Waals surface area (Å²) in [6, 6.07) is 17.4. The highest BCUT2D eigenvalue weighted by molar-refractivity contribution is 5.98. The molecule has 0 radical (unpaired) electrons. The molecule has 1 aliphatic rings. The van der Waals surface area contributed by atoms with Gasteiger partial charge in [-0.15, -0.1) is 0 Å². The molecule has 0 aromatic heterocycles. The van der Waals surface area contributed by atoms with E-state index in [-0.39, 0.29) is 18.0 Å². The first kappa shape index (κ1) is 20.0. The number of ketones is 2. The maximum atomic E-state index is 12.7. The summed E-state index contributed by atoms with van der Waals surface area (Å²) in [6.07, 6.45) is 0.212. The molecule has 146 valence electrons. The maximum absolute atomic E-state index is 12.7. The lowest BCUT2D eigenvalue weighted by Crippen LogP contribution is -2.48. The molecule has 0 bridgehead atoms. The summed E-state index contributed by atoms with van der Waals surface area (Å²) in [4.78, 5) is 25.3. The summed E-state index contributed by atoms with van der Waals surface area (Å²) >= 11 is 0. The van der Waals surface area contributed by atoms with Crippen LogP contribution in [0.5, 0.6) is 0 Å². The smallest absolute Gasteiger partial charge is 0.158 e. The van der Waals surface area contributed by atoms with E-state index in [9.17, 15) is 14.7 Å². The zero-order valence-corrected chi connectivity index (χ0v) is 16.8. The van der Waals surface area contributed by atoms with Gasteiger partial charge in [0.25, 0.3) is 0 Å². The van der Waals surface area contributed by atoms with Crippen molar-refractivity contribution in [3.8, 4) is 0 Å². The van der Waals surface area contributed by atoms with E-state index in [1.807, 2.05) is 61.5 Å². The molecule has 28 heavy (non-hydrogen) atoms. The van der Waals surface area contributed by atoms with Crippen LogP contribution in [0.1, 0.15) is 44.2 Å². The summed E-state index contributed by atoms with van der Waals surface area (Å²) in [7, 11) is 0. The van der Waals surface area contributed by atoms with Crippen molar-refractivity contribution in [2.45, 2.75) is 45.6 Å². The summed E-state index contributed by atoms with van der Waals surface area (Å²) < 4.78 is 0. The molecule has 3 rings (SSSR count). The molecule has 4 heteroatoms. The van der Waals surface area contributed by atoms with Crippen molar-refractivity contribution in [3.63, 3.8) is 0 Å². The normalized spacial score (nSPS) is 24.8. The predicted octanol–water partition coefficient (Wildman–Crippen LogP) is 4.39. The SMILES string of the molecule is CC(=O)C1=C(Nc2ccc(C)cc2)C[C@@](C)(O)[C@@H](C(C)=O)[C@H]1c1ccccc1. The molecule has 2 N–H and O–H groups in total. The molecule has 4 nitrogen and oxygen atoms in total. The highest BCUT2D eigenvalue weighted by Crippen LogP contribution is 2.47. The van der Waals surface area contributed by atoms with Gasteiger partial charge in [-0.2, -0.15) is 0 Å². The molecule has 2 aromatic carbocycles. The van der Waals surface area contributed by atoms with E-state index in [2.05, 4.69) is 5.32 Å². The lowest BCUT2D eigenvalue weighted by atomic mass is 9.64. The lowest BCUT2D eigenvalue weighted by molar-refractivity contribution is -0.131. The Labute approximate surface area is 166 Å². The molecule has 3 atom stereocenters. The van der Waals surface area contributed by atoms with Crippen molar-refractivity contribution in [3.05, 3.63) is 77.0 Å². The van der Waals surface area contributed by atoms with Gasteiger partial charge >= 0.3 is 0 Å². The number of aliphatic hydroxyl groups is 1. The molecule has 0 heterocycles. The van der Waals surface area contributed by atoms with E-state index < -0.39 is 17.4 Å². The minimum Gasteiger partial charge on any atom is -0.389 e. The Morgan fingerprint density at radius 3 is 2.18 bits per heavy atom. The standard InChI is InChI=1S/C24H27NO3/c1-15-10-12-19(13-11-15)25-20-14-24(4,28)23(17(3)27)22(21(20)16(2)26)18-8-6-5-7-9-18/h5-13,22-23,25,28H,14H2,1-4H3/t22-,23-,24+/m0/s1. The van der Waals surface area contributed by atoms with Crippen molar-refractivity contribution < 1.29 is 14.7 Å². The van der Waals surface area contributed by atoms with Gasteiger partial charge in [0.05, 0.1) is 11.5 Å². The number of hydrogen-bond acceptors (Lipinski definition) is 4. The van der Waals surface area contributed by atoms with E-state index in [1.165, 1.54) is 13.8 Å². The largest absolute Gasteiger partial charge is 0.389 e. The Hall–Kier alpha value is -2.72. The van der Waals surface area contributed by atoms with Crippen molar-refractivity contribution in [1.82, 2.24) is 0 Å². The van der Waals surface area contributed by atoms with Crippen molar-refractivity contribution in [2.24, 2.45) is 5.92 Å². The lowest BCUT2D eigenvalue weighted by Gasteiger charge is -2.43. The second-order valence-electron chi connectivity index (χ2n) is 7.95. The number of benzene rings is 2. The zero-order chi connectivity index (χ0) is 20.5. The number of carbonyl (C=O) groups excluding carboxylic acids is 2. The number of nitrogens with one attached hydrogen (secondary N) is 1. The molecule has 0 fully saturated rings. The third kappa shape index (κ3) is 3.92. The number of aryl methyl sites for hydroxylation is 1. The topological polar surface area (TPSA) is 66.4 Å². The number of anilines is 1. The molecular formula is C24H27NO3. The van der Waals surface area contributed by atoms with Crippen molar-refractivity contribution >= 4 is 17.3 Å². The van der Waals surface area contributed by atoms with Crippen LogP contribution in [-0.2, 0) is 9.59 Å². The van der Waals surface area contributed by atoms with E-state index in [0.29, 0.717) is 11.3 Å². The molecule has 0 aliphatic heterocycles. The fourth-order valence-corrected chi connectivity index (χ4v) is 4.32. The van der Waals surface area contributed by atoms with Gasteiger partial charge in [-0.05, 0) is 45.4 Å². The van der Waals surface area contributed by atoms with Crippen molar-refractivity contribution in [2.75, 3.05) is 5.32 Å². The molecule has 1 aliphatic carbocycles. The molecule has 0 amide bonds. The van der Waals surface area contributed by atoms with Crippen LogP contribution in [0.2, 0.25) is 0 Å². The van der Waals surface area contributed by atoms with Gasteiger partial charge in [-0.25, -0.2) is 0 Å². The average molecular weight is 377 g/mol. The molecule has 0 unspecified atom stereocenters. The first-order valence-electron chi connectivity index (χ1n) is 9.56. The maximum Gasteiger partial charge on any atom is 0.158 e. The Kier molecular flexibility index (Phi) is 5.52. The fourth-order valence-electron chi connectivity index (χ4n) is 4.32. The van der Waals surface area contributed by atoms with Gasteiger partial charge in [-0.1, -0.05) is 48.0 Å². The minimum atomic E-state index is -1.27. The summed E-state index contributed by atoms with van der Waals surface area (Å²) in [5.74, 6) is -1.39. The van der Waals surface area contributed by atoms with Crippen LogP contribution in [0, 0.1) is 12.8 Å². The van der Waals surface area contributed by atoms with Gasteiger partial charge in [0, 0.05) is 29.3 Å². The Bertz CT molecular complexity index is 911. The van der Waals surface area contributed by atoms with Gasteiger partial charge < -0.3 is 10.4 Å². The molecule has 0 saturated heterocycles. The first-order valence-corrected chi connectivity index (χ1v) is 9.56. The van der Waals surface area contributed by atoms with E-state index in [1.54, 1.807) is 6.92 Å². The fraction of sp³-hybridized carbons (Fsp3) is 0.333. The monoisotopic (exact) mass is 377 g/mol.